The number of hydrogen-bond acceptors (Lipinski definition) is 7. The van der Waals surface area contributed by atoms with Gasteiger partial charge in [-0.15, -0.1) is 0 Å². The van der Waals surface area contributed by atoms with Gasteiger partial charge in [-0.25, -0.2) is 0 Å². The highest BCUT2D eigenvalue weighted by molar-refractivity contribution is 6.10. The Morgan fingerprint density at radius 1 is 0.816 bits per heavy atom. The first-order chi connectivity index (χ1) is 17.7. The van der Waals surface area contributed by atoms with Crippen molar-refractivity contribution in [2.45, 2.75) is 54.9 Å². The fraction of sp³-hybridized carbons (Fsp3) is 0.387. The van der Waals surface area contributed by atoms with Crippen LogP contribution in [0.1, 0.15) is 70.0 Å². The molecule has 0 aliphatic heterocycles. The second-order valence-corrected chi connectivity index (χ2v) is 10.8. The van der Waals surface area contributed by atoms with Crippen LogP contribution in [0.25, 0.3) is 6.08 Å². The number of ketones is 1. The van der Waals surface area contributed by atoms with Gasteiger partial charge >= 0.3 is 11.9 Å². The molecule has 0 atom stereocenters. The lowest BCUT2D eigenvalue weighted by Gasteiger charge is -2.19. The summed E-state index contributed by atoms with van der Waals surface area (Å²) in [7, 11) is 2.91. The van der Waals surface area contributed by atoms with E-state index in [-0.39, 0.29) is 23.5 Å². The maximum absolute atomic E-state index is 13.2. The smallest absolute Gasteiger partial charge is 0.316 e. The molecule has 0 radical (unpaired) electrons. The third-order valence-corrected chi connectivity index (χ3v) is 5.47. The largest absolute Gasteiger partial charge is 0.496 e. The first-order valence-corrected chi connectivity index (χ1v) is 12.4. The second-order valence-electron chi connectivity index (χ2n) is 10.8. The van der Waals surface area contributed by atoms with Gasteiger partial charge in [0.2, 0.25) is 5.78 Å². The van der Waals surface area contributed by atoms with Crippen molar-refractivity contribution in [2.75, 3.05) is 14.2 Å². The lowest BCUT2D eigenvalue weighted by molar-refractivity contribution is -0.143. The number of hydrogen-bond donors (Lipinski definition) is 0. The molecule has 0 saturated heterocycles. The molecule has 204 valence electrons. The van der Waals surface area contributed by atoms with Gasteiger partial charge in [0.05, 0.1) is 25.0 Å². The quantitative estimate of drug-likeness (QED) is 0.0917. The Hall–Kier alpha value is -3.87. The van der Waals surface area contributed by atoms with Gasteiger partial charge < -0.3 is 18.9 Å². The Morgan fingerprint density at radius 2 is 1.39 bits per heavy atom. The number of rotatable bonds is 9. The van der Waals surface area contributed by atoms with Crippen LogP contribution < -0.4 is 14.2 Å². The Labute approximate surface area is 225 Å². The highest BCUT2D eigenvalue weighted by Gasteiger charge is 2.26. The van der Waals surface area contributed by atoms with Crippen LogP contribution in [0.2, 0.25) is 0 Å². The minimum Gasteiger partial charge on any atom is -0.496 e. The van der Waals surface area contributed by atoms with E-state index in [4.69, 9.17) is 18.9 Å². The molecule has 0 aliphatic rings. The van der Waals surface area contributed by atoms with Gasteiger partial charge in [-0.05, 0) is 96.9 Å². The first kappa shape index (κ1) is 30.4. The molecule has 0 bridgehead atoms. The number of ether oxygens (including phenoxy) is 4. The number of benzene rings is 2. The van der Waals surface area contributed by atoms with Crippen LogP contribution in [0, 0.1) is 10.8 Å². The van der Waals surface area contributed by atoms with E-state index in [0.717, 1.165) is 5.56 Å². The summed E-state index contributed by atoms with van der Waals surface area (Å²) in [5.74, 6) is 0.140. The summed E-state index contributed by atoms with van der Waals surface area (Å²) < 4.78 is 22.1. The molecule has 2 aromatic rings. The number of esters is 2. The van der Waals surface area contributed by atoms with Crippen molar-refractivity contribution in [3.05, 3.63) is 71.0 Å². The fourth-order valence-electron chi connectivity index (χ4n) is 3.10. The zero-order valence-corrected chi connectivity index (χ0v) is 23.8. The molecular weight excluding hydrogens is 484 g/mol. The van der Waals surface area contributed by atoms with Crippen molar-refractivity contribution in [2.24, 2.45) is 10.8 Å². The van der Waals surface area contributed by atoms with Crippen LogP contribution in [0.4, 0.5) is 0 Å². The van der Waals surface area contributed by atoms with E-state index in [0.29, 0.717) is 34.8 Å². The molecule has 0 fully saturated rings. The standard InChI is InChI=1S/C31H38O7/c1-10-11-12-21-17-22(24(35-8)19-25(21)38-29(34)31(5,6)7)18-26(36-9)27(32)20-13-15-23(16-14-20)37-28(33)30(2,3)4/h10-11,13-19H,12H2,1-9H3. The summed E-state index contributed by atoms with van der Waals surface area (Å²) in [4.78, 5) is 37.9. The van der Waals surface area contributed by atoms with Crippen LogP contribution in [-0.4, -0.2) is 31.9 Å². The van der Waals surface area contributed by atoms with Gasteiger partial charge in [0.25, 0.3) is 0 Å². The normalized spacial score (nSPS) is 12.3. The van der Waals surface area contributed by atoms with Crippen molar-refractivity contribution < 1.29 is 33.3 Å². The van der Waals surface area contributed by atoms with E-state index >= 15 is 0 Å². The molecule has 2 aromatic carbocycles. The third kappa shape index (κ3) is 8.07. The molecule has 38 heavy (non-hydrogen) atoms. The van der Waals surface area contributed by atoms with Crippen molar-refractivity contribution in [1.82, 2.24) is 0 Å². The van der Waals surface area contributed by atoms with E-state index in [1.165, 1.54) is 14.2 Å². The first-order valence-electron chi connectivity index (χ1n) is 12.4. The molecule has 0 unspecified atom stereocenters. The zero-order chi connectivity index (χ0) is 28.7. The van der Waals surface area contributed by atoms with E-state index in [2.05, 4.69) is 0 Å². The summed E-state index contributed by atoms with van der Waals surface area (Å²) >= 11 is 0. The van der Waals surface area contributed by atoms with Gasteiger partial charge in [-0.2, -0.15) is 0 Å². The van der Waals surface area contributed by atoms with Crippen molar-refractivity contribution in [3.63, 3.8) is 0 Å². The van der Waals surface area contributed by atoms with Gasteiger partial charge in [0.1, 0.15) is 17.2 Å². The number of carbonyl (C=O) groups is 3. The molecule has 2 rings (SSSR count). The molecule has 0 aliphatic carbocycles. The highest BCUT2D eigenvalue weighted by atomic mass is 16.5. The number of allylic oxidation sites excluding steroid dienone is 3. The van der Waals surface area contributed by atoms with Crippen LogP contribution >= 0.6 is 0 Å². The molecule has 0 N–H and O–H groups in total. The summed E-state index contributed by atoms with van der Waals surface area (Å²) in [5.41, 5.74) is 0.368. The molecule has 7 nitrogen and oxygen atoms in total. The average molecular weight is 523 g/mol. The molecule has 0 aromatic heterocycles. The van der Waals surface area contributed by atoms with E-state index in [1.54, 1.807) is 78.0 Å². The van der Waals surface area contributed by atoms with Crippen LogP contribution in [0.5, 0.6) is 17.2 Å². The monoisotopic (exact) mass is 522 g/mol. The van der Waals surface area contributed by atoms with Gasteiger partial charge in [-0.3, -0.25) is 14.4 Å². The second kappa shape index (κ2) is 12.6. The molecular formula is C31H38O7. The molecule has 0 spiro atoms. The van der Waals surface area contributed by atoms with E-state index in [9.17, 15) is 14.4 Å². The maximum atomic E-state index is 13.2. The molecule has 7 heteroatoms. The molecule has 0 saturated carbocycles. The minimum absolute atomic E-state index is 0.0826. The highest BCUT2D eigenvalue weighted by Crippen LogP contribution is 2.33. The van der Waals surface area contributed by atoms with Crippen molar-refractivity contribution in [3.8, 4) is 17.2 Å². The van der Waals surface area contributed by atoms with E-state index < -0.39 is 10.8 Å². The van der Waals surface area contributed by atoms with E-state index in [1.807, 2.05) is 25.1 Å². The Balaban J connectivity index is 2.44. The maximum Gasteiger partial charge on any atom is 0.316 e. The summed E-state index contributed by atoms with van der Waals surface area (Å²) in [5, 5.41) is 0. The number of methoxy groups -OCH3 is 2. The Bertz CT molecular complexity index is 1220. The van der Waals surface area contributed by atoms with Gasteiger partial charge in [0, 0.05) is 17.2 Å². The van der Waals surface area contributed by atoms with Crippen molar-refractivity contribution in [1.29, 1.82) is 0 Å². The Morgan fingerprint density at radius 3 is 1.89 bits per heavy atom. The van der Waals surface area contributed by atoms with Crippen LogP contribution in [-0.2, 0) is 20.7 Å². The lowest BCUT2D eigenvalue weighted by Crippen LogP contribution is -2.26. The topological polar surface area (TPSA) is 88.1 Å². The molecule has 0 amide bonds. The lowest BCUT2D eigenvalue weighted by atomic mass is 9.97. The predicted molar refractivity (Wildman–Crippen MR) is 147 cm³/mol. The summed E-state index contributed by atoms with van der Waals surface area (Å²) in [6.07, 6.45) is 5.95. The van der Waals surface area contributed by atoms with Crippen molar-refractivity contribution >= 4 is 23.8 Å². The minimum atomic E-state index is -0.681. The molecule has 0 heterocycles. The number of Topliss-reactive ketones (excluding diaryl/α,β-unsaturated/α-hetero) is 1. The number of carbonyl (C=O) groups excluding carboxylic acids is 3. The SMILES string of the molecule is CC=CCc1cc(C=C(OC)C(=O)c2ccc(OC(=O)C(C)(C)C)cc2)c(OC)cc1OC(=O)C(C)(C)C. The van der Waals surface area contributed by atoms with Gasteiger partial charge in [-0.1, -0.05) is 12.2 Å². The Kier molecular flexibility index (Phi) is 10.1. The average Bonchev–Trinajstić information content (AvgIpc) is 2.85. The summed E-state index contributed by atoms with van der Waals surface area (Å²) in [6, 6.07) is 9.74. The third-order valence-electron chi connectivity index (χ3n) is 5.47. The van der Waals surface area contributed by atoms with Crippen LogP contribution in [0.3, 0.4) is 0 Å². The van der Waals surface area contributed by atoms with Gasteiger partial charge in [0.15, 0.2) is 5.76 Å². The summed E-state index contributed by atoms with van der Waals surface area (Å²) in [6.45, 7) is 12.6. The fourth-order valence-corrected chi connectivity index (χ4v) is 3.10. The van der Waals surface area contributed by atoms with Crippen LogP contribution in [0.15, 0.2) is 54.3 Å². The zero-order valence-electron chi connectivity index (χ0n) is 23.8. The predicted octanol–water partition coefficient (Wildman–Crippen LogP) is 6.59.